The van der Waals surface area contributed by atoms with Crippen LogP contribution in [0, 0.1) is 23.7 Å². The zero-order valence-corrected chi connectivity index (χ0v) is 33.8. The predicted molar refractivity (Wildman–Crippen MR) is 205 cm³/mol. The fourth-order valence-electron chi connectivity index (χ4n) is 8.92. The first-order valence-electron chi connectivity index (χ1n) is 19.9. The van der Waals surface area contributed by atoms with E-state index in [-0.39, 0.29) is 60.4 Å². The van der Waals surface area contributed by atoms with E-state index in [0.717, 1.165) is 37.7 Å². The van der Waals surface area contributed by atoms with E-state index in [1.807, 2.05) is 58.0 Å². The van der Waals surface area contributed by atoms with Crippen molar-refractivity contribution >= 4 is 29.6 Å². The van der Waals surface area contributed by atoms with E-state index < -0.39 is 42.2 Å². The van der Waals surface area contributed by atoms with Crippen molar-refractivity contribution in [3.63, 3.8) is 0 Å². The van der Waals surface area contributed by atoms with Crippen LogP contribution in [0.25, 0.3) is 0 Å². The Kier molecular flexibility index (Phi) is 15.9. The van der Waals surface area contributed by atoms with Gasteiger partial charge < -0.3 is 40.0 Å². The number of hydrogen-bond donors (Lipinski definition) is 3. The monoisotopic (exact) mass is 755 g/mol. The molecule has 2 aliphatic heterocycles. The molecule has 2 bridgehead atoms. The summed E-state index contributed by atoms with van der Waals surface area (Å²) in [5, 5.41) is 9.37. The number of nitrogens with one attached hydrogen (secondary N) is 3. The SMILES string of the molecule is CC[C@H](C)[C@@H]([C@@H](CC(=O)N1CCC[C@H]1[C@H](OC)[C@@H](C)C(=O)NC(Cc1ccccc1)C(=O)OC)OC)N(C)C(=O)[C@@H](NC(=O)[C@H]1N[C@@H]2CC[C@H]1C2)C(C)C. The molecule has 0 aromatic heterocycles. The number of likely N-dealkylation sites (N-methyl/N-ethyl adjacent to an activating group) is 1. The van der Waals surface area contributed by atoms with Crippen molar-refractivity contribution in [1.82, 2.24) is 25.8 Å². The van der Waals surface area contributed by atoms with Crippen molar-refractivity contribution in [2.24, 2.45) is 23.7 Å². The first-order chi connectivity index (χ1) is 25.8. The van der Waals surface area contributed by atoms with Crippen LogP contribution < -0.4 is 16.0 Å². The van der Waals surface area contributed by atoms with Gasteiger partial charge in [-0.15, -0.1) is 0 Å². The lowest BCUT2D eigenvalue weighted by atomic mass is 9.89. The van der Waals surface area contributed by atoms with Gasteiger partial charge in [0.1, 0.15) is 12.1 Å². The van der Waals surface area contributed by atoms with Crippen LogP contribution in [-0.4, -0.2) is 123 Å². The molecule has 1 aromatic rings. The summed E-state index contributed by atoms with van der Waals surface area (Å²) in [7, 11) is 6.13. The lowest BCUT2D eigenvalue weighted by molar-refractivity contribution is -0.148. The molecule has 302 valence electrons. The van der Waals surface area contributed by atoms with Crippen LogP contribution in [0.4, 0.5) is 0 Å². The van der Waals surface area contributed by atoms with Crippen LogP contribution in [0.15, 0.2) is 30.3 Å². The molecule has 1 unspecified atom stereocenters. The smallest absolute Gasteiger partial charge is 0.328 e. The predicted octanol–water partition coefficient (Wildman–Crippen LogP) is 3.09. The molecule has 0 spiro atoms. The summed E-state index contributed by atoms with van der Waals surface area (Å²) in [5.41, 5.74) is 0.880. The van der Waals surface area contributed by atoms with Gasteiger partial charge in [0.05, 0.1) is 49.8 Å². The summed E-state index contributed by atoms with van der Waals surface area (Å²) in [5.74, 6) is -1.97. The third-order valence-electron chi connectivity index (χ3n) is 12.2. The molecule has 2 saturated heterocycles. The Morgan fingerprint density at radius 2 is 1.67 bits per heavy atom. The van der Waals surface area contributed by atoms with E-state index in [0.29, 0.717) is 24.9 Å². The topological polar surface area (TPSA) is 156 Å². The minimum atomic E-state index is -0.885. The maximum atomic E-state index is 14.2. The Hall–Kier alpha value is -3.55. The maximum absolute atomic E-state index is 14.2. The number of carbonyl (C=O) groups is 5. The van der Waals surface area contributed by atoms with Gasteiger partial charge in [-0.2, -0.15) is 0 Å². The number of carbonyl (C=O) groups excluding carboxylic acids is 5. The van der Waals surface area contributed by atoms with Crippen LogP contribution in [0.3, 0.4) is 0 Å². The molecule has 3 N–H and O–H groups in total. The molecule has 1 saturated carbocycles. The fraction of sp³-hybridized carbons (Fsp3) is 0.732. The molecule has 4 amide bonds. The van der Waals surface area contributed by atoms with E-state index in [1.165, 1.54) is 14.2 Å². The fourth-order valence-corrected chi connectivity index (χ4v) is 8.92. The second-order valence-electron chi connectivity index (χ2n) is 16.0. The summed E-state index contributed by atoms with van der Waals surface area (Å²) < 4.78 is 17.0. The number of fused-ring (bicyclic) bond motifs is 2. The van der Waals surface area contributed by atoms with Crippen molar-refractivity contribution in [2.75, 3.05) is 34.9 Å². The molecule has 1 aliphatic carbocycles. The number of amides is 4. The molecular weight excluding hydrogens is 690 g/mol. The Balaban J connectivity index is 1.45. The van der Waals surface area contributed by atoms with Crippen LogP contribution in [0.1, 0.15) is 85.1 Å². The first kappa shape index (κ1) is 43.2. The van der Waals surface area contributed by atoms with E-state index in [9.17, 15) is 24.0 Å². The van der Waals surface area contributed by atoms with E-state index >= 15 is 0 Å². The summed E-state index contributed by atoms with van der Waals surface area (Å²) >= 11 is 0. The largest absolute Gasteiger partial charge is 0.467 e. The van der Waals surface area contributed by atoms with Crippen LogP contribution in [0.5, 0.6) is 0 Å². The number of benzene rings is 1. The molecule has 0 radical (unpaired) electrons. The number of esters is 1. The zero-order chi connectivity index (χ0) is 39.7. The van der Waals surface area contributed by atoms with E-state index in [1.54, 1.807) is 30.9 Å². The van der Waals surface area contributed by atoms with Gasteiger partial charge in [-0.3, -0.25) is 19.2 Å². The Morgan fingerprint density at radius 3 is 2.22 bits per heavy atom. The number of ether oxygens (including phenoxy) is 3. The standard InChI is InChI=1S/C41H65N5O8/c1-10-25(4)36(45(6)40(50)34(24(2)3)44-39(49)35-28-18-19-29(22-28)42-35)32(52-7)23-33(47)46-20-14-17-31(46)37(53-8)26(5)38(48)43-30(41(51)54-9)21-27-15-12-11-13-16-27/h11-13,15-16,24-26,28-32,34-37,42H,10,14,17-23H2,1-9H3,(H,43,48)(H,44,49)/t25-,26+,28-,29+,30?,31-,32+,34-,35-,36-,37+/m0/s1. The summed E-state index contributed by atoms with van der Waals surface area (Å²) in [6.07, 6.45) is 4.26. The van der Waals surface area contributed by atoms with Gasteiger partial charge in [0.15, 0.2) is 0 Å². The number of likely N-dealkylation sites (tertiary alicyclic amines) is 1. The molecule has 54 heavy (non-hydrogen) atoms. The average Bonchev–Trinajstić information content (AvgIpc) is 3.95. The number of rotatable bonds is 19. The second kappa shape index (κ2) is 19.9. The van der Waals surface area contributed by atoms with Gasteiger partial charge in [0.25, 0.3) is 0 Å². The van der Waals surface area contributed by atoms with Crippen LogP contribution in [0.2, 0.25) is 0 Å². The van der Waals surface area contributed by atoms with Gasteiger partial charge in [0, 0.05) is 40.3 Å². The number of hydrogen-bond acceptors (Lipinski definition) is 9. The third kappa shape index (κ3) is 10.2. The summed E-state index contributed by atoms with van der Waals surface area (Å²) in [6, 6.07) is 7.05. The summed E-state index contributed by atoms with van der Waals surface area (Å²) in [4.78, 5) is 71.6. The minimum Gasteiger partial charge on any atom is -0.467 e. The normalized spacial score (nSPS) is 24.6. The third-order valence-corrected chi connectivity index (χ3v) is 12.2. The molecule has 3 aliphatic rings. The van der Waals surface area contributed by atoms with Crippen molar-refractivity contribution in [2.45, 2.75) is 134 Å². The lowest BCUT2D eigenvalue weighted by Gasteiger charge is -2.41. The molecule has 1 aromatic carbocycles. The lowest BCUT2D eigenvalue weighted by Crippen LogP contribution is -2.60. The average molecular weight is 756 g/mol. The Labute approximate surface area is 322 Å². The Bertz CT molecular complexity index is 1430. The molecule has 13 nitrogen and oxygen atoms in total. The highest BCUT2D eigenvalue weighted by Gasteiger charge is 2.46. The van der Waals surface area contributed by atoms with Crippen LogP contribution >= 0.6 is 0 Å². The molecule has 2 heterocycles. The molecule has 11 atom stereocenters. The van der Waals surface area contributed by atoms with Crippen molar-refractivity contribution < 1.29 is 38.2 Å². The van der Waals surface area contributed by atoms with Crippen molar-refractivity contribution in [3.8, 4) is 0 Å². The van der Waals surface area contributed by atoms with Crippen LogP contribution in [-0.2, 0) is 44.6 Å². The second-order valence-corrected chi connectivity index (χ2v) is 16.0. The first-order valence-corrected chi connectivity index (χ1v) is 19.9. The van der Waals surface area contributed by atoms with E-state index in [4.69, 9.17) is 14.2 Å². The van der Waals surface area contributed by atoms with Gasteiger partial charge in [-0.25, -0.2) is 4.79 Å². The van der Waals surface area contributed by atoms with Gasteiger partial charge in [-0.1, -0.05) is 71.4 Å². The van der Waals surface area contributed by atoms with Gasteiger partial charge in [0.2, 0.25) is 23.6 Å². The van der Waals surface area contributed by atoms with Crippen molar-refractivity contribution in [1.29, 1.82) is 0 Å². The zero-order valence-electron chi connectivity index (χ0n) is 33.8. The minimum absolute atomic E-state index is 0.0177. The Morgan fingerprint density at radius 1 is 0.963 bits per heavy atom. The molecule has 13 heteroatoms. The van der Waals surface area contributed by atoms with Gasteiger partial charge >= 0.3 is 5.97 Å². The molecule has 3 fully saturated rings. The number of piperidine rings is 1. The van der Waals surface area contributed by atoms with E-state index in [2.05, 4.69) is 16.0 Å². The molecular formula is C41H65N5O8. The maximum Gasteiger partial charge on any atom is 0.328 e. The van der Waals surface area contributed by atoms with Crippen molar-refractivity contribution in [3.05, 3.63) is 35.9 Å². The molecule has 4 rings (SSSR count). The number of methoxy groups -OCH3 is 3. The highest BCUT2D eigenvalue weighted by atomic mass is 16.5. The van der Waals surface area contributed by atoms with Gasteiger partial charge in [-0.05, 0) is 55.4 Å². The quantitative estimate of drug-likeness (QED) is 0.181. The summed E-state index contributed by atoms with van der Waals surface area (Å²) in [6.45, 7) is 10.2. The highest BCUT2D eigenvalue weighted by molar-refractivity contribution is 5.90. The number of nitrogens with zero attached hydrogens (tertiary/aromatic N) is 2. The highest BCUT2D eigenvalue weighted by Crippen LogP contribution is 2.35.